The first kappa shape index (κ1) is 13.1. The van der Waals surface area contributed by atoms with E-state index in [0.29, 0.717) is 16.8 Å². The largest absolute Gasteiger partial charge is 0.484 e. The Hall–Kier alpha value is -1.88. The molecule has 4 nitrogen and oxygen atoms in total. The number of hydrogen-bond donors (Lipinski definition) is 1. The molecule has 104 valence electrons. The Morgan fingerprint density at radius 2 is 2.15 bits per heavy atom. The normalized spacial score (nSPS) is 14.1. The smallest absolute Gasteiger partial charge is 0.264 e. The van der Waals surface area contributed by atoms with Crippen molar-refractivity contribution in [3.8, 4) is 5.75 Å². The number of rotatable bonds is 5. The van der Waals surface area contributed by atoms with Gasteiger partial charge >= 0.3 is 0 Å². The Morgan fingerprint density at radius 1 is 1.40 bits per heavy atom. The van der Waals surface area contributed by atoms with Crippen molar-refractivity contribution >= 4 is 22.4 Å². The average Bonchev–Trinajstić information content (AvgIpc) is 3.19. The van der Waals surface area contributed by atoms with Crippen LogP contribution in [0.5, 0.6) is 5.75 Å². The maximum Gasteiger partial charge on any atom is 0.264 e. The lowest BCUT2D eigenvalue weighted by atomic mass is 10.2. The Kier molecular flexibility index (Phi) is 3.69. The highest BCUT2D eigenvalue weighted by Gasteiger charge is 2.26. The summed E-state index contributed by atoms with van der Waals surface area (Å²) in [6.07, 6.45) is 2.43. The highest BCUT2D eigenvalue weighted by molar-refractivity contribution is 7.13. The number of benzene rings is 1. The molecule has 1 aliphatic carbocycles. The first-order valence-electron chi connectivity index (χ1n) is 6.65. The second-order valence-corrected chi connectivity index (χ2v) is 5.86. The molecule has 1 fully saturated rings. The van der Waals surface area contributed by atoms with Gasteiger partial charge in [0, 0.05) is 11.3 Å². The van der Waals surface area contributed by atoms with Crippen LogP contribution in [0.15, 0.2) is 29.6 Å². The average molecular weight is 288 g/mol. The number of thiazole rings is 1. The summed E-state index contributed by atoms with van der Waals surface area (Å²) in [6, 6.07) is 7.63. The molecule has 0 aliphatic heterocycles. The van der Waals surface area contributed by atoms with Gasteiger partial charge in [0.25, 0.3) is 5.91 Å². The summed E-state index contributed by atoms with van der Waals surface area (Å²) in [6.45, 7) is 2.01. The molecule has 0 saturated heterocycles. The molecule has 1 heterocycles. The number of carbonyl (C=O) groups is 1. The third kappa shape index (κ3) is 3.36. The summed E-state index contributed by atoms with van der Waals surface area (Å²) >= 11 is 1.47. The van der Waals surface area contributed by atoms with E-state index in [2.05, 4.69) is 10.3 Å². The third-order valence-corrected chi connectivity index (χ3v) is 3.93. The van der Waals surface area contributed by atoms with E-state index >= 15 is 0 Å². The summed E-state index contributed by atoms with van der Waals surface area (Å²) in [4.78, 5) is 16.2. The van der Waals surface area contributed by atoms with Crippen LogP contribution >= 0.6 is 11.3 Å². The van der Waals surface area contributed by atoms with Crippen LogP contribution in [0.3, 0.4) is 0 Å². The third-order valence-electron chi connectivity index (χ3n) is 3.15. The minimum Gasteiger partial charge on any atom is -0.484 e. The van der Waals surface area contributed by atoms with Crippen LogP contribution in [0.4, 0.5) is 5.13 Å². The number of hydrogen-bond acceptors (Lipinski definition) is 4. The van der Waals surface area contributed by atoms with Gasteiger partial charge in [-0.25, -0.2) is 4.98 Å². The number of aromatic nitrogens is 1. The molecule has 1 amide bonds. The van der Waals surface area contributed by atoms with Crippen molar-refractivity contribution < 1.29 is 9.53 Å². The summed E-state index contributed by atoms with van der Waals surface area (Å²) < 4.78 is 5.43. The molecule has 1 aliphatic rings. The highest BCUT2D eigenvalue weighted by atomic mass is 32.1. The van der Waals surface area contributed by atoms with Crippen LogP contribution in [0.1, 0.15) is 30.0 Å². The van der Waals surface area contributed by atoms with Gasteiger partial charge in [-0.05, 0) is 31.9 Å². The van der Waals surface area contributed by atoms with Crippen molar-refractivity contribution in [1.29, 1.82) is 0 Å². The lowest BCUT2D eigenvalue weighted by Gasteiger charge is -2.05. The molecule has 0 radical (unpaired) electrons. The second kappa shape index (κ2) is 5.63. The minimum atomic E-state index is -0.178. The lowest BCUT2D eigenvalue weighted by molar-refractivity contribution is -0.118. The van der Waals surface area contributed by atoms with Gasteiger partial charge in [0.1, 0.15) is 5.75 Å². The molecule has 5 heteroatoms. The zero-order valence-corrected chi connectivity index (χ0v) is 12.1. The maximum atomic E-state index is 11.8. The molecule has 3 rings (SSSR count). The van der Waals surface area contributed by atoms with Gasteiger partial charge < -0.3 is 4.74 Å². The number of carbonyl (C=O) groups excluding carboxylic acids is 1. The van der Waals surface area contributed by atoms with Crippen molar-refractivity contribution in [3.05, 3.63) is 40.9 Å². The van der Waals surface area contributed by atoms with E-state index in [1.165, 1.54) is 24.2 Å². The molecule has 1 saturated carbocycles. The number of nitrogens with zero attached hydrogens (tertiary/aromatic N) is 1. The zero-order chi connectivity index (χ0) is 13.9. The van der Waals surface area contributed by atoms with Crippen LogP contribution in [-0.2, 0) is 4.79 Å². The van der Waals surface area contributed by atoms with E-state index < -0.39 is 0 Å². The molecular formula is C15H16N2O2S. The van der Waals surface area contributed by atoms with Gasteiger partial charge in [-0.1, -0.05) is 17.7 Å². The quantitative estimate of drug-likeness (QED) is 0.918. The lowest BCUT2D eigenvalue weighted by Crippen LogP contribution is -2.20. The first-order valence-corrected chi connectivity index (χ1v) is 7.53. The van der Waals surface area contributed by atoms with E-state index in [-0.39, 0.29) is 12.5 Å². The van der Waals surface area contributed by atoms with Crippen molar-refractivity contribution in [2.45, 2.75) is 25.7 Å². The molecule has 1 N–H and O–H groups in total. The van der Waals surface area contributed by atoms with Crippen molar-refractivity contribution in [2.24, 2.45) is 0 Å². The van der Waals surface area contributed by atoms with E-state index in [9.17, 15) is 4.79 Å². The standard InChI is InChI=1S/C15H16N2O2S/c1-10-2-6-12(7-3-10)19-8-14(18)17-15-16-13(9-20-15)11-4-5-11/h2-3,6-7,9,11H,4-5,8H2,1H3,(H,16,17,18). The summed E-state index contributed by atoms with van der Waals surface area (Å²) in [5.41, 5.74) is 2.27. The van der Waals surface area contributed by atoms with E-state index in [1.807, 2.05) is 36.6 Å². The van der Waals surface area contributed by atoms with Crippen molar-refractivity contribution in [3.63, 3.8) is 0 Å². The summed E-state index contributed by atoms with van der Waals surface area (Å²) in [7, 11) is 0. The van der Waals surface area contributed by atoms with E-state index in [1.54, 1.807) is 0 Å². The fourth-order valence-corrected chi connectivity index (χ4v) is 2.66. The Balaban J connectivity index is 1.49. The predicted octanol–water partition coefficient (Wildman–Crippen LogP) is 3.35. The van der Waals surface area contributed by atoms with Gasteiger partial charge in [0.05, 0.1) is 5.69 Å². The fourth-order valence-electron chi connectivity index (χ4n) is 1.85. The predicted molar refractivity (Wildman–Crippen MR) is 79.4 cm³/mol. The van der Waals surface area contributed by atoms with Gasteiger partial charge in [-0.2, -0.15) is 0 Å². The zero-order valence-electron chi connectivity index (χ0n) is 11.3. The second-order valence-electron chi connectivity index (χ2n) is 5.00. The maximum absolute atomic E-state index is 11.8. The molecule has 2 aromatic rings. The van der Waals surface area contributed by atoms with Crippen molar-refractivity contribution in [2.75, 3.05) is 11.9 Å². The van der Waals surface area contributed by atoms with Crippen LogP contribution in [-0.4, -0.2) is 17.5 Å². The van der Waals surface area contributed by atoms with Crippen LogP contribution in [0, 0.1) is 6.92 Å². The highest BCUT2D eigenvalue weighted by Crippen LogP contribution is 2.40. The number of anilines is 1. The Labute approximate surface area is 121 Å². The Bertz CT molecular complexity index is 603. The molecular weight excluding hydrogens is 272 g/mol. The molecule has 1 aromatic heterocycles. The monoisotopic (exact) mass is 288 g/mol. The first-order chi connectivity index (χ1) is 9.70. The van der Waals surface area contributed by atoms with E-state index in [0.717, 1.165) is 11.3 Å². The molecule has 0 unspecified atom stereocenters. The van der Waals surface area contributed by atoms with Gasteiger partial charge in [-0.3, -0.25) is 10.1 Å². The summed E-state index contributed by atoms with van der Waals surface area (Å²) in [5, 5.41) is 5.45. The molecule has 0 atom stereocenters. The number of aryl methyl sites for hydroxylation is 1. The minimum absolute atomic E-state index is 0.00139. The van der Waals surface area contributed by atoms with Gasteiger partial charge in [0.15, 0.2) is 11.7 Å². The number of amides is 1. The van der Waals surface area contributed by atoms with Crippen LogP contribution in [0.25, 0.3) is 0 Å². The SMILES string of the molecule is Cc1ccc(OCC(=O)Nc2nc(C3CC3)cs2)cc1. The van der Waals surface area contributed by atoms with Crippen LogP contribution in [0.2, 0.25) is 0 Å². The number of nitrogens with one attached hydrogen (secondary N) is 1. The van der Waals surface area contributed by atoms with Gasteiger partial charge in [-0.15, -0.1) is 11.3 Å². The fraction of sp³-hybridized carbons (Fsp3) is 0.333. The van der Waals surface area contributed by atoms with Crippen molar-refractivity contribution in [1.82, 2.24) is 4.98 Å². The topological polar surface area (TPSA) is 51.2 Å². The summed E-state index contributed by atoms with van der Waals surface area (Å²) in [5.74, 6) is 1.13. The number of ether oxygens (including phenoxy) is 1. The molecule has 20 heavy (non-hydrogen) atoms. The molecule has 0 bridgehead atoms. The Morgan fingerprint density at radius 3 is 2.85 bits per heavy atom. The van der Waals surface area contributed by atoms with Crippen LogP contribution < -0.4 is 10.1 Å². The van der Waals surface area contributed by atoms with Gasteiger partial charge in [0.2, 0.25) is 0 Å². The molecule has 1 aromatic carbocycles. The van der Waals surface area contributed by atoms with E-state index in [4.69, 9.17) is 4.74 Å². The molecule has 0 spiro atoms.